The first kappa shape index (κ1) is 12.9. The molecular weight excluding hydrogens is 230 g/mol. The van der Waals surface area contributed by atoms with Gasteiger partial charge in [-0.25, -0.2) is 9.97 Å². The van der Waals surface area contributed by atoms with Crippen LogP contribution in [0.2, 0.25) is 0 Å². The normalized spacial score (nSPS) is 19.4. The number of hydrogen-bond donors (Lipinski definition) is 1. The molecule has 6 heteroatoms. The van der Waals surface area contributed by atoms with Crippen LogP contribution in [-0.2, 0) is 0 Å². The molecule has 1 aromatic rings. The van der Waals surface area contributed by atoms with Gasteiger partial charge in [0.25, 0.3) is 0 Å². The van der Waals surface area contributed by atoms with Crippen LogP contribution in [0.1, 0.15) is 6.42 Å². The van der Waals surface area contributed by atoms with Gasteiger partial charge < -0.3 is 19.9 Å². The smallest absolute Gasteiger partial charge is 0.204 e. The summed E-state index contributed by atoms with van der Waals surface area (Å²) in [4.78, 5) is 13.0. The Morgan fingerprint density at radius 3 is 2.78 bits per heavy atom. The maximum Gasteiger partial charge on any atom is 0.204 e. The highest BCUT2D eigenvalue weighted by atomic mass is 16.5. The molecule has 0 radical (unpaired) electrons. The summed E-state index contributed by atoms with van der Waals surface area (Å²) in [5.74, 6) is 2.33. The van der Waals surface area contributed by atoms with Gasteiger partial charge in [0.1, 0.15) is 6.33 Å². The lowest BCUT2D eigenvalue weighted by atomic mass is 10.2. The number of aromatic nitrogens is 2. The molecule has 1 saturated heterocycles. The number of ether oxygens (including phenoxy) is 1. The van der Waals surface area contributed by atoms with Gasteiger partial charge in [-0.15, -0.1) is 0 Å². The van der Waals surface area contributed by atoms with E-state index in [1.54, 1.807) is 13.4 Å². The predicted molar refractivity (Wildman–Crippen MR) is 72.4 cm³/mol. The molecule has 2 rings (SSSR count). The second kappa shape index (κ2) is 5.39. The molecule has 1 aliphatic rings. The summed E-state index contributed by atoms with van der Waals surface area (Å²) in [5.41, 5.74) is 0. The fraction of sp³-hybridized carbons (Fsp3) is 0.667. The monoisotopic (exact) mass is 251 g/mol. The zero-order chi connectivity index (χ0) is 13.1. The fourth-order valence-corrected chi connectivity index (χ4v) is 2.31. The molecule has 0 bridgehead atoms. The third-order valence-corrected chi connectivity index (χ3v) is 3.42. The average Bonchev–Trinajstić information content (AvgIpc) is 2.87. The highest BCUT2D eigenvalue weighted by Gasteiger charge is 2.27. The van der Waals surface area contributed by atoms with Crippen LogP contribution in [0, 0.1) is 0 Å². The molecule has 1 aliphatic heterocycles. The Kier molecular flexibility index (Phi) is 3.86. The molecule has 0 saturated carbocycles. The highest BCUT2D eigenvalue weighted by molar-refractivity contribution is 5.64. The third kappa shape index (κ3) is 2.33. The van der Waals surface area contributed by atoms with E-state index in [0.29, 0.717) is 6.04 Å². The Balaban J connectivity index is 2.24. The Bertz CT molecular complexity index is 409. The lowest BCUT2D eigenvalue weighted by Gasteiger charge is -2.22. The number of anilines is 2. The molecule has 1 N–H and O–H groups in total. The van der Waals surface area contributed by atoms with Crippen LogP contribution in [0.25, 0.3) is 0 Å². The molecule has 0 amide bonds. The van der Waals surface area contributed by atoms with Crippen molar-refractivity contribution in [3.05, 3.63) is 6.33 Å². The molecule has 2 heterocycles. The second-order valence-corrected chi connectivity index (χ2v) is 4.68. The topological polar surface area (TPSA) is 53.5 Å². The largest absolute Gasteiger partial charge is 0.490 e. The Morgan fingerprint density at radius 2 is 2.22 bits per heavy atom. The maximum atomic E-state index is 5.43. The number of nitrogens with one attached hydrogen (secondary N) is 1. The molecule has 100 valence electrons. The summed E-state index contributed by atoms with van der Waals surface area (Å²) in [6.07, 6.45) is 2.72. The molecule has 0 spiro atoms. The van der Waals surface area contributed by atoms with Crippen molar-refractivity contribution in [1.29, 1.82) is 0 Å². The van der Waals surface area contributed by atoms with Crippen LogP contribution in [0.3, 0.4) is 0 Å². The van der Waals surface area contributed by atoms with Gasteiger partial charge >= 0.3 is 0 Å². The van der Waals surface area contributed by atoms with Crippen molar-refractivity contribution < 1.29 is 4.74 Å². The average molecular weight is 251 g/mol. The first-order chi connectivity index (χ1) is 8.67. The molecular formula is C12H21N5O. The number of methoxy groups -OCH3 is 1. The standard InChI is InChI=1S/C12H21N5O/c1-13-11-10(18-4)12(15-8-14-11)17-6-5-9(7-17)16(2)3/h8-9H,5-7H2,1-4H3,(H,13,14,15). The van der Waals surface area contributed by atoms with Crippen molar-refractivity contribution in [3.63, 3.8) is 0 Å². The van der Waals surface area contributed by atoms with E-state index >= 15 is 0 Å². The zero-order valence-electron chi connectivity index (χ0n) is 11.5. The van der Waals surface area contributed by atoms with Crippen LogP contribution < -0.4 is 15.0 Å². The van der Waals surface area contributed by atoms with Gasteiger partial charge in [-0.2, -0.15) is 0 Å². The van der Waals surface area contributed by atoms with Crippen LogP contribution in [0.15, 0.2) is 6.33 Å². The molecule has 1 unspecified atom stereocenters. The van der Waals surface area contributed by atoms with E-state index in [9.17, 15) is 0 Å². The maximum absolute atomic E-state index is 5.43. The zero-order valence-corrected chi connectivity index (χ0v) is 11.5. The summed E-state index contributed by atoms with van der Waals surface area (Å²) < 4.78 is 5.43. The summed E-state index contributed by atoms with van der Waals surface area (Å²) in [6.45, 7) is 1.98. The predicted octanol–water partition coefficient (Wildman–Crippen LogP) is 0.667. The van der Waals surface area contributed by atoms with Gasteiger partial charge in [0.15, 0.2) is 11.6 Å². The van der Waals surface area contributed by atoms with E-state index in [2.05, 4.69) is 39.2 Å². The van der Waals surface area contributed by atoms with Gasteiger partial charge in [0.05, 0.1) is 7.11 Å². The van der Waals surface area contributed by atoms with E-state index in [-0.39, 0.29) is 0 Å². The van der Waals surface area contributed by atoms with Crippen LogP contribution in [0.5, 0.6) is 5.75 Å². The minimum Gasteiger partial charge on any atom is -0.490 e. The van der Waals surface area contributed by atoms with Crippen molar-refractivity contribution in [2.24, 2.45) is 0 Å². The third-order valence-electron chi connectivity index (χ3n) is 3.42. The van der Waals surface area contributed by atoms with Crippen molar-refractivity contribution in [2.45, 2.75) is 12.5 Å². The molecule has 0 aliphatic carbocycles. The lowest BCUT2D eigenvalue weighted by Crippen LogP contribution is -2.31. The molecule has 18 heavy (non-hydrogen) atoms. The Labute approximate surface area is 108 Å². The van der Waals surface area contributed by atoms with E-state index in [1.807, 2.05) is 7.05 Å². The number of nitrogens with zero attached hydrogens (tertiary/aromatic N) is 4. The summed E-state index contributed by atoms with van der Waals surface area (Å²) in [7, 11) is 7.72. The fourth-order valence-electron chi connectivity index (χ4n) is 2.31. The molecule has 0 aromatic carbocycles. The second-order valence-electron chi connectivity index (χ2n) is 4.68. The molecule has 1 aromatic heterocycles. The van der Waals surface area contributed by atoms with E-state index in [4.69, 9.17) is 4.74 Å². The van der Waals surface area contributed by atoms with Gasteiger partial charge in [-0.05, 0) is 20.5 Å². The lowest BCUT2D eigenvalue weighted by molar-refractivity contribution is 0.315. The Morgan fingerprint density at radius 1 is 1.44 bits per heavy atom. The Hall–Kier alpha value is -1.56. The van der Waals surface area contributed by atoms with E-state index in [1.165, 1.54) is 0 Å². The van der Waals surface area contributed by atoms with E-state index in [0.717, 1.165) is 36.9 Å². The van der Waals surface area contributed by atoms with Crippen molar-refractivity contribution in [2.75, 3.05) is 51.6 Å². The van der Waals surface area contributed by atoms with Crippen molar-refractivity contribution in [3.8, 4) is 5.75 Å². The highest BCUT2D eigenvalue weighted by Crippen LogP contribution is 2.33. The summed E-state index contributed by atoms with van der Waals surface area (Å²) >= 11 is 0. The van der Waals surface area contributed by atoms with Gasteiger partial charge in [-0.3, -0.25) is 0 Å². The van der Waals surface area contributed by atoms with Gasteiger partial charge in [-0.1, -0.05) is 0 Å². The number of likely N-dealkylation sites (N-methyl/N-ethyl adjacent to an activating group) is 1. The van der Waals surface area contributed by atoms with Crippen LogP contribution in [-0.4, -0.2) is 62.3 Å². The molecule has 1 atom stereocenters. The van der Waals surface area contributed by atoms with Crippen LogP contribution in [0.4, 0.5) is 11.6 Å². The van der Waals surface area contributed by atoms with Crippen molar-refractivity contribution >= 4 is 11.6 Å². The number of hydrogen-bond acceptors (Lipinski definition) is 6. The van der Waals surface area contributed by atoms with Gasteiger partial charge in [0.2, 0.25) is 5.75 Å². The minimum absolute atomic E-state index is 0.572. The SMILES string of the molecule is CNc1ncnc(N2CCC(N(C)C)C2)c1OC. The van der Waals surface area contributed by atoms with Crippen LogP contribution >= 0.6 is 0 Å². The van der Waals surface area contributed by atoms with Crippen molar-refractivity contribution in [1.82, 2.24) is 14.9 Å². The quantitative estimate of drug-likeness (QED) is 0.849. The number of rotatable bonds is 4. The van der Waals surface area contributed by atoms with E-state index < -0.39 is 0 Å². The van der Waals surface area contributed by atoms with Gasteiger partial charge in [0, 0.05) is 26.2 Å². The molecule has 1 fully saturated rings. The molecule has 6 nitrogen and oxygen atoms in total. The minimum atomic E-state index is 0.572. The first-order valence-electron chi connectivity index (χ1n) is 6.15. The summed E-state index contributed by atoms with van der Waals surface area (Å²) in [6, 6.07) is 0.572. The summed E-state index contributed by atoms with van der Waals surface area (Å²) in [5, 5.41) is 3.03. The first-order valence-corrected chi connectivity index (χ1v) is 6.15.